The Morgan fingerprint density at radius 1 is 0.421 bits per heavy atom. The molecule has 0 aromatic carbocycles. The first-order chi connectivity index (χ1) is 63.1. The Labute approximate surface area is 779 Å². The first kappa shape index (κ1) is 95.0. The van der Waals surface area contributed by atoms with Crippen molar-refractivity contribution in [2.75, 3.05) is 74.0 Å². The van der Waals surface area contributed by atoms with E-state index >= 15 is 4.39 Å². The predicted molar refractivity (Wildman–Crippen MR) is 476 cm³/mol. The van der Waals surface area contributed by atoms with Crippen LogP contribution in [-0.4, -0.2) is 314 Å². The molecule has 0 saturated carbocycles. The standard InChI is InChI=1S/2C19H23N11O9P2S3.C18H21FN12O9P2S3/c2*20-14-16-22-2-6(29(16)24-5-23-14)7-1-8-9(37-7)3-35-41(34,43)39-13-12(31)10(4-36-40(33,42)38-8)44-18(13)30-15-11(27-28-30)17(32)26-19(21)25-15;19-6-10-4(38-16(6)30-13-7(26-28-30)12(20)22-3-23-13)1-36-41(34,43)40-11-9(32)5(2-37-42(35,44)39-10)45-17(11)31-14-8(27-29-31)15(33)25-18(21)24-14/h2*2,5,7-10,12-13,18,31H,1,3-4H2,(H,33,42)(H,34,43)(H2,20,23,24)(H3,21,25,26,32);3-6,9-11,16-17,32H,1-2H2,(H,34,43)(H,35,44)(H2,20,22,23)(H3,21,24,25,33)/t2*7-,8+,9-,10-,12-,13-,18-,40?,41?;4-,5-,6+,9-,10-,11-,16-,17-,41?,42?/m111/s1. The Hall–Kier alpha value is -6.89. The zero-order chi connectivity index (χ0) is 93.8. The number of fused-ring (bicyclic) bond motifs is 15. The number of hydrogen-bond donors (Lipinski definition) is 18. The van der Waals surface area contributed by atoms with Crippen molar-refractivity contribution in [1.82, 2.24) is 139 Å². The molecule has 9 saturated heterocycles. The number of aliphatic hydroxyl groups is 3. The molecule has 9 aliphatic heterocycles. The second-order valence-electron chi connectivity index (χ2n) is 29.7. The Morgan fingerprint density at radius 2 is 0.782 bits per heavy atom. The molecular formula is C56H67FN34O27P6S9. The summed E-state index contributed by atoms with van der Waals surface area (Å²) in [7, 11) is 0. The molecule has 0 amide bonds. The second-order valence-corrected chi connectivity index (χ2v) is 50.6. The first-order valence-electron chi connectivity index (χ1n) is 38.2. The van der Waals surface area contributed by atoms with Gasteiger partial charge < -0.3 is 120 Å². The highest BCUT2D eigenvalue weighted by Gasteiger charge is 2.57. The molecule has 0 spiro atoms. The molecule has 9 fully saturated rings. The van der Waals surface area contributed by atoms with Crippen molar-refractivity contribution >= 4 is 238 Å². The summed E-state index contributed by atoms with van der Waals surface area (Å²) in [4.78, 5) is 136. The van der Waals surface area contributed by atoms with Gasteiger partial charge in [-0.15, -0.1) is 55.7 Å². The van der Waals surface area contributed by atoms with Crippen LogP contribution in [0, 0.1) is 0 Å². The number of hydrogen-bond acceptors (Lipinski definition) is 55. The molecular weight excluding hydrogens is 2070 g/mol. The van der Waals surface area contributed by atoms with Gasteiger partial charge in [0.2, 0.25) is 17.8 Å². The molecule has 28 atom stereocenters. The largest absolute Gasteiger partial charge is 0.389 e. The Balaban J connectivity index is 0.000000129. The lowest BCUT2D eigenvalue weighted by Crippen LogP contribution is -2.35. The number of nitrogens with zero attached hydrogens (tertiary/aromatic N) is 25. The van der Waals surface area contributed by atoms with Crippen LogP contribution in [0.4, 0.5) is 39.7 Å². The number of imidazole rings is 2. The molecule has 12 aromatic heterocycles. The summed E-state index contributed by atoms with van der Waals surface area (Å²) in [5.41, 5.74) is 34.2. The summed E-state index contributed by atoms with van der Waals surface area (Å²) in [6, 6.07) is 0. The van der Waals surface area contributed by atoms with E-state index in [1.807, 2.05) is 0 Å². The van der Waals surface area contributed by atoms with Crippen molar-refractivity contribution in [2.24, 2.45) is 0 Å². The predicted octanol–water partition coefficient (Wildman–Crippen LogP) is -3.06. The molecule has 133 heavy (non-hydrogen) atoms. The second kappa shape index (κ2) is 36.7. The number of nitrogens with two attached hydrogens (primary N) is 6. The zero-order valence-electron chi connectivity index (χ0n) is 66.0. The number of ether oxygens (including phenoxy) is 3. The lowest BCUT2D eigenvalue weighted by atomic mass is 10.1. The number of aliphatic hydroxyl groups excluding tert-OH is 3. The fourth-order valence-corrected chi connectivity index (χ4v) is 29.0. The monoisotopic (exact) mass is 2140 g/mol. The topological polar surface area (TPSA) is 846 Å². The molecule has 21 heterocycles. The van der Waals surface area contributed by atoms with E-state index in [0.29, 0.717) is 22.7 Å². The fourth-order valence-electron chi connectivity index (χ4n) is 15.3. The van der Waals surface area contributed by atoms with Gasteiger partial charge in [-0.2, -0.15) is 29.8 Å². The molecule has 6 bridgehead atoms. The molecule has 6 unspecified atom stereocenters. The summed E-state index contributed by atoms with van der Waals surface area (Å²) < 4.78 is 124. The number of aromatic nitrogens is 28. The minimum absolute atomic E-state index is 0.00247. The number of thioether (sulfide) groups is 3. The van der Waals surface area contributed by atoms with E-state index in [0.717, 1.165) is 46.3 Å². The van der Waals surface area contributed by atoms with Crippen LogP contribution >= 0.6 is 87.9 Å². The molecule has 0 aliphatic carbocycles. The summed E-state index contributed by atoms with van der Waals surface area (Å²) in [5.74, 6) is -0.277. The van der Waals surface area contributed by atoms with E-state index in [9.17, 15) is 58.7 Å². The number of thiol groups is 1. The quantitative estimate of drug-likeness (QED) is 0.0581. The summed E-state index contributed by atoms with van der Waals surface area (Å²) in [5, 5.41) is 67.9. The minimum Gasteiger partial charge on any atom is -0.389 e. The lowest BCUT2D eigenvalue weighted by molar-refractivity contribution is -0.0503. The van der Waals surface area contributed by atoms with Gasteiger partial charge in [0, 0.05) is 12.8 Å². The van der Waals surface area contributed by atoms with Crippen molar-refractivity contribution in [3.8, 4) is 0 Å². The number of alkyl halides is 1. The van der Waals surface area contributed by atoms with Crippen LogP contribution in [0.2, 0.25) is 0 Å². The summed E-state index contributed by atoms with van der Waals surface area (Å²) >= 11 is 33.6. The smallest absolute Gasteiger partial charge is 0.386 e. The van der Waals surface area contributed by atoms with E-state index in [1.54, 1.807) is 0 Å². The number of H-pyrrole nitrogens is 3. The maximum atomic E-state index is 16.0. The van der Waals surface area contributed by atoms with Gasteiger partial charge in [-0.1, -0.05) is 33.1 Å². The SMILES string of the molecule is Nc1nc2c(nnn2[C@@H]2S[C@@H]3COP(O)(=S)O[C@H]4C[C@H](c5cnc6c(N)ncnn56)O[C@@H]4COP(=O)(S)O[C@@H]2[C@@H]3O)c(=O)[nH]1.Nc1nc2c(nnn2[C@@H]2S[C@@H]3COP(O)(=S)O[C@H]4C[C@H](c5cnc6c(N)ncnn56)O[C@@H]4COP(O)(=S)O[C@@H]2[C@@H]3O)c(=O)[nH]1.Nc1nc2c(nnn2[C@@H]2S[C@@H]3COP(O)(=S)O[C@H]4[C@H](F)[C@H](n5nnc6c(N)ncnc65)O[C@@H]4COP(O)(=S)O[C@@H]2[C@@H]3O)c(=O)[nH]1. The van der Waals surface area contributed by atoms with Gasteiger partial charge in [0.25, 0.3) is 16.7 Å². The van der Waals surface area contributed by atoms with Crippen LogP contribution in [0.3, 0.4) is 0 Å². The van der Waals surface area contributed by atoms with Crippen molar-refractivity contribution < 1.29 is 117 Å². The highest BCUT2D eigenvalue weighted by molar-refractivity contribution is 8.44. The van der Waals surface area contributed by atoms with Crippen molar-refractivity contribution in [3.63, 3.8) is 0 Å². The third-order valence-electron chi connectivity index (χ3n) is 21.3. The number of nitrogens with one attached hydrogen (secondary N) is 3. The Kier molecular flexibility index (Phi) is 26.2. The average molecular weight is 2140 g/mol. The first-order valence-corrected chi connectivity index (χ1v) is 56.6. The van der Waals surface area contributed by atoms with E-state index in [4.69, 9.17) is 162 Å². The minimum atomic E-state index is -4.25. The average Bonchev–Trinajstić information content (AvgIpc) is 1.60. The van der Waals surface area contributed by atoms with Crippen LogP contribution < -0.4 is 51.1 Å². The van der Waals surface area contributed by atoms with Crippen LogP contribution in [0.5, 0.6) is 0 Å². The Bertz CT molecular complexity index is 6800. The number of halogens is 1. The van der Waals surface area contributed by atoms with E-state index < -0.39 is 200 Å². The van der Waals surface area contributed by atoms with Crippen LogP contribution in [0.15, 0.2) is 45.8 Å². The molecule has 12 aromatic rings. The van der Waals surface area contributed by atoms with Crippen molar-refractivity contribution in [1.29, 1.82) is 0 Å². The highest BCUT2D eigenvalue weighted by Crippen LogP contribution is 2.63. The van der Waals surface area contributed by atoms with Crippen molar-refractivity contribution in [3.05, 3.63) is 73.8 Å². The van der Waals surface area contributed by atoms with E-state index in [2.05, 4.69) is 124 Å². The number of nitrogen functional groups attached to an aromatic ring is 6. The van der Waals surface area contributed by atoms with Crippen LogP contribution in [0.25, 0.3) is 55.9 Å². The summed E-state index contributed by atoms with van der Waals surface area (Å²) in [6.45, 7) is -27.0. The van der Waals surface area contributed by atoms with Gasteiger partial charge in [-0.3, -0.25) is 52.0 Å². The molecule has 23 N–H and O–H groups in total. The maximum absolute atomic E-state index is 16.0. The molecule has 21 rings (SSSR count). The maximum Gasteiger partial charge on any atom is 0.386 e. The van der Waals surface area contributed by atoms with Gasteiger partial charge in [-0.25, -0.2) is 61.9 Å². The number of anilines is 6. The zero-order valence-corrected chi connectivity index (χ0v) is 78.8. The van der Waals surface area contributed by atoms with Crippen molar-refractivity contribution in [2.45, 2.75) is 143 Å². The fraction of sp³-hybridized carbons (Fsp3) is 0.536. The molecule has 61 nitrogen and oxygen atoms in total. The van der Waals surface area contributed by atoms with Gasteiger partial charge in [-0.05, 0) is 59.0 Å². The Morgan fingerprint density at radius 3 is 1.21 bits per heavy atom. The van der Waals surface area contributed by atoms with Crippen LogP contribution in [-0.2, 0) is 132 Å². The lowest BCUT2D eigenvalue weighted by Gasteiger charge is -2.27. The van der Waals surface area contributed by atoms with Gasteiger partial charge in [0.1, 0.15) is 90.0 Å². The third kappa shape index (κ3) is 19.1. The number of rotatable bonds is 6. The molecule has 714 valence electrons. The highest BCUT2D eigenvalue weighted by atomic mass is 32.7. The van der Waals surface area contributed by atoms with Gasteiger partial charge >= 0.3 is 40.4 Å². The molecule has 9 aliphatic rings. The van der Waals surface area contributed by atoms with Gasteiger partial charge in [0.15, 0.2) is 85.8 Å². The summed E-state index contributed by atoms with van der Waals surface area (Å²) in [6.07, 6.45) is -12.5. The normalized spacial score (nSPS) is 36.9. The van der Waals surface area contributed by atoms with Gasteiger partial charge in [0.05, 0.1) is 110 Å². The van der Waals surface area contributed by atoms with Crippen LogP contribution in [0.1, 0.15) is 58.8 Å². The van der Waals surface area contributed by atoms with E-state index in [1.165, 1.54) is 48.1 Å². The number of aromatic amines is 3. The van der Waals surface area contributed by atoms with E-state index in [-0.39, 0.29) is 119 Å². The molecule has 77 heteroatoms. The third-order valence-corrected chi connectivity index (χ3v) is 35.3. The molecule has 0 radical (unpaired) electrons.